The van der Waals surface area contributed by atoms with Crippen LogP contribution in [-0.4, -0.2) is 21.3 Å². The Morgan fingerprint density at radius 1 is 1.44 bits per heavy atom. The van der Waals surface area contributed by atoms with E-state index in [1.165, 1.54) is 6.07 Å². The summed E-state index contributed by atoms with van der Waals surface area (Å²) in [5, 5.41) is 15.9. The molecule has 18 heavy (non-hydrogen) atoms. The summed E-state index contributed by atoms with van der Waals surface area (Å²) in [5.74, 6) is -1.14. The number of carboxylic acids is 1. The second-order valence-corrected chi connectivity index (χ2v) is 3.88. The van der Waals surface area contributed by atoms with Gasteiger partial charge in [0, 0.05) is 6.42 Å². The first kappa shape index (κ1) is 12.2. The van der Waals surface area contributed by atoms with Gasteiger partial charge in [0.05, 0.1) is 12.0 Å². The van der Waals surface area contributed by atoms with E-state index in [9.17, 15) is 9.18 Å². The number of aryl methyl sites for hydroxylation is 2. The zero-order chi connectivity index (χ0) is 13.1. The predicted octanol–water partition coefficient (Wildman–Crippen LogP) is 2.20. The summed E-state index contributed by atoms with van der Waals surface area (Å²) in [6, 6.07) is 4.66. The van der Waals surface area contributed by atoms with Gasteiger partial charge in [-0.3, -0.25) is 4.79 Å². The number of rotatable bonds is 4. The van der Waals surface area contributed by atoms with Gasteiger partial charge in [0.1, 0.15) is 5.82 Å². The maximum absolute atomic E-state index is 13.6. The second kappa shape index (κ2) is 4.95. The van der Waals surface area contributed by atoms with Crippen LogP contribution in [0, 0.1) is 12.7 Å². The Bertz CT molecular complexity index is 580. The lowest BCUT2D eigenvalue weighted by atomic mass is 10.1. The van der Waals surface area contributed by atoms with E-state index in [4.69, 9.17) is 9.52 Å². The molecule has 1 aromatic heterocycles. The predicted molar refractivity (Wildman–Crippen MR) is 60.4 cm³/mol. The number of halogens is 1. The van der Waals surface area contributed by atoms with Crippen LogP contribution in [0.1, 0.15) is 17.9 Å². The summed E-state index contributed by atoms with van der Waals surface area (Å²) in [7, 11) is 0. The molecule has 0 atom stereocenters. The van der Waals surface area contributed by atoms with Crippen LogP contribution in [0.3, 0.4) is 0 Å². The standard InChI is InChI=1S/C12H11FN2O3/c1-7-2-3-8(9(13)6-7)12-15-14-10(18-12)4-5-11(16)17/h2-3,6H,4-5H2,1H3,(H,16,17). The average molecular weight is 250 g/mol. The molecule has 1 heterocycles. The van der Waals surface area contributed by atoms with Crippen molar-refractivity contribution in [1.29, 1.82) is 0 Å². The van der Waals surface area contributed by atoms with Crippen molar-refractivity contribution in [2.75, 3.05) is 0 Å². The van der Waals surface area contributed by atoms with Crippen LogP contribution in [0.5, 0.6) is 0 Å². The van der Waals surface area contributed by atoms with Gasteiger partial charge < -0.3 is 9.52 Å². The molecule has 0 fully saturated rings. The molecule has 6 heteroatoms. The monoisotopic (exact) mass is 250 g/mol. The third kappa shape index (κ3) is 2.71. The molecule has 0 aliphatic heterocycles. The first-order valence-corrected chi connectivity index (χ1v) is 5.37. The highest BCUT2D eigenvalue weighted by molar-refractivity contribution is 5.66. The molecule has 0 bridgehead atoms. The van der Waals surface area contributed by atoms with Gasteiger partial charge in [-0.05, 0) is 24.6 Å². The lowest BCUT2D eigenvalue weighted by molar-refractivity contribution is -0.137. The fourth-order valence-electron chi connectivity index (χ4n) is 1.47. The van der Waals surface area contributed by atoms with E-state index in [1.54, 1.807) is 19.1 Å². The molecular weight excluding hydrogens is 239 g/mol. The highest BCUT2D eigenvalue weighted by Gasteiger charge is 2.13. The molecule has 0 aliphatic rings. The largest absolute Gasteiger partial charge is 0.481 e. The van der Waals surface area contributed by atoms with Crippen LogP contribution in [0.25, 0.3) is 11.5 Å². The Hall–Kier alpha value is -2.24. The van der Waals surface area contributed by atoms with Crippen LogP contribution in [-0.2, 0) is 11.2 Å². The summed E-state index contributed by atoms with van der Waals surface area (Å²) < 4.78 is 18.9. The first-order valence-electron chi connectivity index (χ1n) is 5.37. The quantitative estimate of drug-likeness (QED) is 0.900. The van der Waals surface area contributed by atoms with E-state index in [0.717, 1.165) is 5.56 Å². The third-order valence-electron chi connectivity index (χ3n) is 2.37. The van der Waals surface area contributed by atoms with Crippen molar-refractivity contribution >= 4 is 5.97 Å². The third-order valence-corrected chi connectivity index (χ3v) is 2.37. The van der Waals surface area contributed by atoms with Gasteiger partial charge in [0.25, 0.3) is 5.89 Å². The minimum Gasteiger partial charge on any atom is -0.481 e. The fraction of sp³-hybridized carbons (Fsp3) is 0.250. The van der Waals surface area contributed by atoms with Crippen LogP contribution in [0.2, 0.25) is 0 Å². The Kier molecular flexibility index (Phi) is 3.36. The van der Waals surface area contributed by atoms with E-state index in [2.05, 4.69) is 10.2 Å². The summed E-state index contributed by atoms with van der Waals surface area (Å²) in [6.07, 6.45) is 0.0355. The molecule has 0 radical (unpaired) electrons. The molecule has 2 aromatic rings. The molecule has 0 unspecified atom stereocenters. The van der Waals surface area contributed by atoms with Crippen molar-refractivity contribution in [3.05, 3.63) is 35.5 Å². The van der Waals surface area contributed by atoms with Gasteiger partial charge in [0.2, 0.25) is 5.89 Å². The minimum absolute atomic E-state index is 0.0629. The summed E-state index contributed by atoms with van der Waals surface area (Å²) in [6.45, 7) is 1.78. The van der Waals surface area contributed by atoms with E-state index in [-0.39, 0.29) is 30.2 Å². The van der Waals surface area contributed by atoms with Crippen LogP contribution in [0.15, 0.2) is 22.6 Å². The number of hydrogen-bond acceptors (Lipinski definition) is 4. The molecule has 94 valence electrons. The van der Waals surface area contributed by atoms with E-state index in [1.807, 2.05) is 0 Å². The van der Waals surface area contributed by atoms with Gasteiger partial charge in [-0.2, -0.15) is 0 Å². The lowest BCUT2D eigenvalue weighted by Gasteiger charge is -1.98. The van der Waals surface area contributed by atoms with Crippen molar-refractivity contribution < 1.29 is 18.7 Å². The van der Waals surface area contributed by atoms with Gasteiger partial charge in [0.15, 0.2) is 0 Å². The maximum atomic E-state index is 13.6. The smallest absolute Gasteiger partial charge is 0.303 e. The van der Waals surface area contributed by atoms with E-state index in [0.29, 0.717) is 0 Å². The van der Waals surface area contributed by atoms with E-state index < -0.39 is 11.8 Å². The molecular formula is C12H11FN2O3. The molecule has 2 rings (SSSR count). The normalized spacial score (nSPS) is 10.6. The SMILES string of the molecule is Cc1ccc(-c2nnc(CCC(=O)O)o2)c(F)c1. The first-order chi connectivity index (χ1) is 8.56. The van der Waals surface area contributed by atoms with Crippen molar-refractivity contribution in [3.8, 4) is 11.5 Å². The number of aliphatic carboxylic acids is 1. The van der Waals surface area contributed by atoms with Gasteiger partial charge >= 0.3 is 5.97 Å². The highest BCUT2D eigenvalue weighted by atomic mass is 19.1. The van der Waals surface area contributed by atoms with Crippen molar-refractivity contribution in [1.82, 2.24) is 10.2 Å². The number of nitrogens with zero attached hydrogens (tertiary/aromatic N) is 2. The van der Waals surface area contributed by atoms with Crippen LogP contribution < -0.4 is 0 Å². The summed E-state index contributed by atoms with van der Waals surface area (Å²) in [4.78, 5) is 10.4. The molecule has 0 amide bonds. The highest BCUT2D eigenvalue weighted by Crippen LogP contribution is 2.22. The number of hydrogen-bond donors (Lipinski definition) is 1. The van der Waals surface area contributed by atoms with Crippen molar-refractivity contribution in [3.63, 3.8) is 0 Å². The van der Waals surface area contributed by atoms with Gasteiger partial charge in [-0.1, -0.05) is 6.07 Å². The second-order valence-electron chi connectivity index (χ2n) is 3.88. The molecule has 0 aliphatic carbocycles. The Morgan fingerprint density at radius 3 is 2.89 bits per heavy atom. The van der Waals surface area contributed by atoms with Crippen molar-refractivity contribution in [2.24, 2.45) is 0 Å². The summed E-state index contributed by atoms with van der Waals surface area (Å²) in [5.41, 5.74) is 1.01. The van der Waals surface area contributed by atoms with E-state index >= 15 is 0 Å². The lowest BCUT2D eigenvalue weighted by Crippen LogP contribution is -1.97. The number of carbonyl (C=O) groups is 1. The maximum Gasteiger partial charge on any atom is 0.303 e. The molecule has 0 saturated carbocycles. The van der Waals surface area contributed by atoms with Crippen molar-refractivity contribution in [2.45, 2.75) is 19.8 Å². The number of carboxylic acid groups (broad SMARTS) is 1. The molecule has 1 N–H and O–H groups in total. The fourth-order valence-corrected chi connectivity index (χ4v) is 1.47. The topological polar surface area (TPSA) is 76.2 Å². The molecule has 5 nitrogen and oxygen atoms in total. The zero-order valence-electron chi connectivity index (χ0n) is 9.68. The average Bonchev–Trinajstić information content (AvgIpc) is 2.75. The molecule has 1 aromatic carbocycles. The van der Waals surface area contributed by atoms with Gasteiger partial charge in [-0.25, -0.2) is 4.39 Å². The minimum atomic E-state index is -0.948. The zero-order valence-corrected chi connectivity index (χ0v) is 9.68. The Labute approximate surface area is 102 Å². The molecule has 0 saturated heterocycles. The molecule has 0 spiro atoms. The summed E-state index contributed by atoms with van der Waals surface area (Å²) >= 11 is 0. The number of aromatic nitrogens is 2. The van der Waals surface area contributed by atoms with Crippen LogP contribution >= 0.6 is 0 Å². The van der Waals surface area contributed by atoms with Gasteiger partial charge in [-0.15, -0.1) is 10.2 Å². The Morgan fingerprint density at radius 2 is 2.22 bits per heavy atom. The Balaban J connectivity index is 2.21. The van der Waals surface area contributed by atoms with Crippen LogP contribution in [0.4, 0.5) is 4.39 Å². The number of benzene rings is 1.